The van der Waals surface area contributed by atoms with Crippen molar-refractivity contribution >= 4 is 35.0 Å². The van der Waals surface area contributed by atoms with Crippen LogP contribution in [-0.4, -0.2) is 420 Å². The Bertz CT molecular complexity index is 4220. The number of carbonyl (C=O) groups is 5. The second-order valence-corrected chi connectivity index (χ2v) is 35.2. The average Bonchev–Trinajstić information content (AvgIpc) is 1.04. The Morgan fingerprint density at radius 2 is 0.866 bits per heavy atom. The number of hydrogen-bond donors (Lipinski definition) is 19. The number of Topliss-reactive ketones (excluding diaryl/α,β-unsaturated/α-hetero) is 2. The number of anilines is 1. The van der Waals surface area contributed by atoms with Crippen molar-refractivity contribution in [3.8, 4) is 11.8 Å². The van der Waals surface area contributed by atoms with Crippen molar-refractivity contribution < 1.29 is 191 Å². The highest BCUT2D eigenvalue weighted by molar-refractivity contribution is 5.97. The summed E-state index contributed by atoms with van der Waals surface area (Å²) in [5, 5.41) is 209. The van der Waals surface area contributed by atoms with Gasteiger partial charge in [-0.25, -0.2) is 4.68 Å². The van der Waals surface area contributed by atoms with Gasteiger partial charge in [0.1, 0.15) is 171 Å². The summed E-state index contributed by atoms with van der Waals surface area (Å²) in [4.78, 5) is 69.0. The van der Waals surface area contributed by atoms with E-state index in [-0.39, 0.29) is 100 Å². The maximum atomic E-state index is 13.9. The Hall–Kier alpha value is -6.47. The van der Waals surface area contributed by atoms with Gasteiger partial charge in [-0.05, 0) is 75.1 Å². The quantitative estimate of drug-likeness (QED) is 0.0187. The van der Waals surface area contributed by atoms with Crippen molar-refractivity contribution in [2.75, 3.05) is 97.4 Å². The number of nitrogens with zero attached hydrogens (tertiary/aromatic N) is 4. The lowest BCUT2D eigenvalue weighted by Crippen LogP contribution is -2.69. The van der Waals surface area contributed by atoms with Crippen LogP contribution in [-0.2, 0) is 124 Å². The summed E-state index contributed by atoms with van der Waals surface area (Å²) in [6, 6.07) is 14.1. The number of rotatable bonds is 39. The highest BCUT2D eigenvalue weighted by Crippen LogP contribution is 2.41. The van der Waals surface area contributed by atoms with Gasteiger partial charge in [0, 0.05) is 55.9 Å². The zero-order valence-corrected chi connectivity index (χ0v) is 75.0. The summed E-state index contributed by atoms with van der Waals surface area (Å²) in [5.74, 6) is 5.23. The zero-order chi connectivity index (χ0) is 96.0. The molecule has 27 rings (SSSR count). The Kier molecular flexibility index (Phi) is 41.0. The second kappa shape index (κ2) is 51.6. The molecular weight excluding hydrogens is 1780 g/mol. The van der Waals surface area contributed by atoms with Gasteiger partial charge in [0.05, 0.1) is 109 Å². The molecule has 24 heterocycles. The van der Waals surface area contributed by atoms with Crippen molar-refractivity contribution in [3.05, 3.63) is 76.6 Å². The van der Waals surface area contributed by atoms with Crippen LogP contribution in [0.3, 0.4) is 0 Å². The molecule has 12 bridgehead atoms. The third-order valence-electron chi connectivity index (χ3n) is 25.4. The summed E-state index contributed by atoms with van der Waals surface area (Å²) < 4.78 is 102. The second-order valence-electron chi connectivity index (χ2n) is 35.2. The molecule has 22 saturated heterocycles. The molecule has 19 N–H and O–H groups in total. The van der Waals surface area contributed by atoms with Crippen molar-refractivity contribution in [1.29, 1.82) is 0 Å². The van der Waals surface area contributed by atoms with E-state index in [2.05, 4.69) is 32.8 Å². The predicted molar refractivity (Wildman–Crippen MR) is 453 cm³/mol. The number of aromatic nitrogens is 3. The first-order chi connectivity index (χ1) is 64.5. The fourth-order valence-corrected chi connectivity index (χ4v) is 17.4. The molecule has 24 aliphatic rings. The smallest absolute Gasteiger partial charge is 0.242 e. The molecule has 22 fully saturated rings. The van der Waals surface area contributed by atoms with Gasteiger partial charge in [-0.3, -0.25) is 24.0 Å². The van der Waals surface area contributed by atoms with E-state index < -0.39 is 248 Å². The number of aliphatic hydroxyl groups excluding tert-OH is 17. The Balaban J connectivity index is 0.624. The van der Waals surface area contributed by atoms with Crippen LogP contribution in [0.15, 0.2) is 48.5 Å². The zero-order valence-electron chi connectivity index (χ0n) is 75.0. The monoisotopic (exact) mass is 1910 g/mol. The van der Waals surface area contributed by atoms with Gasteiger partial charge in [0.2, 0.25) is 17.7 Å². The molecular formula is C89H132N6O39. The average molecular weight is 1910 g/mol. The number of ether oxygens (including phenoxy) is 17. The van der Waals surface area contributed by atoms with Crippen LogP contribution >= 0.6 is 0 Å². The Morgan fingerprint density at radius 1 is 0.440 bits per heavy atom. The maximum Gasteiger partial charge on any atom is 0.242 e. The van der Waals surface area contributed by atoms with Crippen LogP contribution in [0.1, 0.15) is 145 Å². The largest absolute Gasteiger partial charge is 0.394 e. The summed E-state index contributed by atoms with van der Waals surface area (Å²) in [6.45, 7) is 1.93. The van der Waals surface area contributed by atoms with E-state index in [0.717, 1.165) is 28.8 Å². The van der Waals surface area contributed by atoms with E-state index in [1.165, 1.54) is 4.68 Å². The van der Waals surface area contributed by atoms with Gasteiger partial charge in [0.25, 0.3) is 0 Å². The van der Waals surface area contributed by atoms with Crippen LogP contribution < -0.4 is 15.5 Å². The number of hydrogen-bond acceptors (Lipinski definition) is 41. The lowest BCUT2D eigenvalue weighted by molar-refractivity contribution is -0.403. The normalized spacial score (nSPS) is 35.1. The van der Waals surface area contributed by atoms with E-state index in [1.54, 1.807) is 4.90 Å². The first-order valence-electron chi connectivity index (χ1n) is 46.1. The minimum absolute atomic E-state index is 0.0248. The summed E-state index contributed by atoms with van der Waals surface area (Å²) in [7, 11) is 0. The number of benzene rings is 2. The fourth-order valence-electron chi connectivity index (χ4n) is 17.4. The van der Waals surface area contributed by atoms with Gasteiger partial charge < -0.3 is 183 Å². The first-order valence-corrected chi connectivity index (χ1v) is 46.1. The maximum absolute atomic E-state index is 13.9. The molecule has 134 heavy (non-hydrogen) atoms. The number of unbranched alkanes of at least 4 members (excludes halogenated alkanes) is 2. The molecule has 752 valence electrons. The van der Waals surface area contributed by atoms with Crippen LogP contribution in [0, 0.1) is 17.8 Å². The van der Waals surface area contributed by atoms with E-state index in [9.17, 15) is 111 Å². The Morgan fingerprint density at radius 3 is 1.34 bits per heavy atom. The molecule has 2 aromatic carbocycles. The van der Waals surface area contributed by atoms with Gasteiger partial charge in [-0.15, -0.1) is 5.10 Å². The summed E-state index contributed by atoms with van der Waals surface area (Å²) in [5.41, 5.74) is 4.03. The molecule has 3 aromatic rings. The third-order valence-corrected chi connectivity index (χ3v) is 25.4. The number of aryl methyl sites for hydroxylation is 1. The highest BCUT2D eigenvalue weighted by Gasteiger charge is 2.60. The van der Waals surface area contributed by atoms with Gasteiger partial charge in [0.15, 0.2) is 43.5 Å². The molecule has 0 saturated carbocycles. The molecule has 3 amide bonds. The molecule has 0 spiro atoms. The number of amides is 3. The minimum atomic E-state index is -2.27. The lowest BCUT2D eigenvalue weighted by atomic mass is 9.94. The summed E-state index contributed by atoms with van der Waals surface area (Å²) in [6.07, 6.45) is -56.7. The molecule has 1 aliphatic carbocycles. The molecule has 45 nitrogen and oxygen atoms in total. The van der Waals surface area contributed by atoms with E-state index >= 15 is 0 Å². The van der Waals surface area contributed by atoms with E-state index in [0.29, 0.717) is 95.7 Å². The highest BCUT2D eigenvalue weighted by atomic mass is 16.8. The lowest BCUT2D eigenvalue weighted by Gasteiger charge is -2.50. The predicted octanol–water partition coefficient (Wildman–Crippen LogP) is -5.88. The van der Waals surface area contributed by atoms with Crippen LogP contribution in [0.25, 0.3) is 0 Å². The van der Waals surface area contributed by atoms with Crippen molar-refractivity contribution in [1.82, 2.24) is 25.6 Å². The van der Waals surface area contributed by atoms with Crippen LogP contribution in [0.2, 0.25) is 0 Å². The van der Waals surface area contributed by atoms with Gasteiger partial charge >= 0.3 is 0 Å². The number of ketones is 2. The van der Waals surface area contributed by atoms with E-state index in [1.807, 2.05) is 69.3 Å². The molecule has 23 aliphatic heterocycles. The topological polar surface area (TPSA) is 644 Å². The first kappa shape index (κ1) is 106. The number of para-hydroxylation sites is 1. The van der Waals surface area contributed by atoms with Crippen molar-refractivity contribution in [2.45, 2.75) is 333 Å². The van der Waals surface area contributed by atoms with Crippen molar-refractivity contribution in [2.24, 2.45) is 5.92 Å². The standard InChI is InChI=1S/C89H132N6O39/c1-45(2)46(3)90-83(117)53(91-62(103)28-30-119-32-34-121-36-35-120-33-31-118-29-14-19-50(101)26-27-63(104)94-37-49-17-11-10-15-47(49)24-25-48-16-12-13-22-54(48)94)21-8-4-6-18-51(102)44-122-55-23-9-5-7-20-52-64(55)95(93-92-52)38-56-77-65(105)71(111)84(123-56)130-78-57(39-96)125-86(73(113)67(78)107)132-80-59(41-98)127-88(75(115)69(80)109)134-82-61(43-100)128-89(76(116)70(82)110)133-81-60(42-99)126-87(74(114)68(81)108)131-79-58(40-97)124-85(129-77)72(112)66(79)106/h10-13,15-17,22,45-46,53,55-61,65-82,84-89,96-100,105-116H,4-9,14,18-21,23,26-44H2,1-3H3,(H,90,117)(H,91,103)/t46-,53-,55?,56?,57?,58?,59?,60?,61?,65?,66?,67?,68?,69?,70?,71?,72?,73?,74?,75?,76?,77?,78?,79?,80?,81?,82?,84?,85?,86?,87?,88?,89?/m1/s1. The van der Waals surface area contributed by atoms with Crippen molar-refractivity contribution in [3.63, 3.8) is 0 Å². The number of nitrogens with one attached hydrogen (secondary N) is 2. The molecule has 33 atom stereocenters. The summed E-state index contributed by atoms with van der Waals surface area (Å²) >= 11 is 0. The van der Waals surface area contributed by atoms with Gasteiger partial charge in [-0.2, -0.15) is 0 Å². The Labute approximate surface area is 773 Å². The number of fused-ring (bicyclic) bond motifs is 3. The minimum Gasteiger partial charge on any atom is -0.394 e. The molecule has 45 heteroatoms. The number of carbonyl (C=O) groups excluding carboxylic acids is 5. The molecule has 31 unspecified atom stereocenters. The van der Waals surface area contributed by atoms with Crippen LogP contribution in [0.4, 0.5) is 5.69 Å². The van der Waals surface area contributed by atoms with E-state index in [4.69, 9.17) is 80.5 Å². The molecule has 1 aromatic heterocycles. The van der Waals surface area contributed by atoms with Crippen LogP contribution in [0.5, 0.6) is 0 Å². The fraction of sp³-hybridized carbons (Fsp3) is 0.764. The number of aliphatic hydroxyl groups is 17. The third kappa shape index (κ3) is 27.2. The van der Waals surface area contributed by atoms with Gasteiger partial charge in [-0.1, -0.05) is 86.9 Å². The SMILES string of the molecule is CC(C)[C@@H](C)NC(=O)[C@@H](CCCCCC(=O)COC1CCCCCc2nnn(CC3OC4OC5C(CO)OC(OC6C(CO)OC(OC7C(CO)OC(OC8C(CO)OC(OC9C(CO)OC(OC3C(O)C4O)C(O)C9O)C(O)C8O)C(O)C7O)C(O)C6O)C(O)C5O)c21)NC(=O)CCOCCOCCOCCOCCCC(=O)CCC(=O)N1Cc2ccccc2C#Cc2ccccc21. The molecule has 0 radical (unpaired) electrons.